The van der Waals surface area contributed by atoms with Gasteiger partial charge in [0.05, 0.1) is 15.8 Å². The van der Waals surface area contributed by atoms with Crippen molar-refractivity contribution in [3.05, 3.63) is 83.4 Å². The van der Waals surface area contributed by atoms with E-state index < -0.39 is 0 Å². The normalized spacial score (nSPS) is 11.3. The largest absolute Gasteiger partial charge is 0.507 e. The van der Waals surface area contributed by atoms with Crippen molar-refractivity contribution < 1.29 is 9.90 Å². The van der Waals surface area contributed by atoms with E-state index in [0.717, 1.165) is 15.8 Å². The van der Waals surface area contributed by atoms with Crippen LogP contribution in [0.2, 0.25) is 0 Å². The number of para-hydroxylation sites is 1. The van der Waals surface area contributed by atoms with Crippen LogP contribution in [0.15, 0.2) is 66.7 Å². The first-order valence-electron chi connectivity index (χ1n) is 10.9. The van der Waals surface area contributed by atoms with Crippen LogP contribution in [-0.4, -0.2) is 21.1 Å². The van der Waals surface area contributed by atoms with Gasteiger partial charge in [-0.25, -0.2) is 4.98 Å². The molecule has 4 aromatic rings. The summed E-state index contributed by atoms with van der Waals surface area (Å²) in [6.07, 6.45) is 3.20. The fraction of sp³-hybridized carbons (Fsp3) is 0.148. The van der Waals surface area contributed by atoms with Crippen LogP contribution in [0.4, 0.5) is 5.69 Å². The Morgan fingerprint density at radius 2 is 1.85 bits per heavy atom. The molecule has 0 saturated carbocycles. The van der Waals surface area contributed by atoms with Gasteiger partial charge in [-0.15, -0.1) is 11.3 Å². The summed E-state index contributed by atoms with van der Waals surface area (Å²) >= 11 is 6.83. The van der Waals surface area contributed by atoms with Crippen LogP contribution in [0.3, 0.4) is 0 Å². The number of thiocarbonyl (C=S) groups is 1. The van der Waals surface area contributed by atoms with Gasteiger partial charge in [-0.1, -0.05) is 50.2 Å². The zero-order chi connectivity index (χ0) is 24.2. The van der Waals surface area contributed by atoms with Crippen LogP contribution in [-0.2, 0) is 4.79 Å². The molecule has 1 heterocycles. The molecule has 3 aromatic carbocycles. The Morgan fingerprint density at radius 3 is 2.56 bits per heavy atom. The summed E-state index contributed by atoms with van der Waals surface area (Å²) < 4.78 is 1.04. The molecule has 0 aliphatic carbocycles. The number of hydrogen-bond donors (Lipinski definition) is 3. The zero-order valence-corrected chi connectivity index (χ0v) is 20.8. The minimum Gasteiger partial charge on any atom is -0.507 e. The minimum absolute atomic E-state index is 0.171. The fourth-order valence-electron chi connectivity index (χ4n) is 3.48. The Morgan fingerprint density at radius 1 is 1.12 bits per heavy atom. The van der Waals surface area contributed by atoms with E-state index >= 15 is 0 Å². The van der Waals surface area contributed by atoms with Gasteiger partial charge >= 0.3 is 0 Å². The predicted octanol–water partition coefficient (Wildman–Crippen LogP) is 6.63. The van der Waals surface area contributed by atoms with Crippen molar-refractivity contribution in [2.45, 2.75) is 26.7 Å². The van der Waals surface area contributed by atoms with Gasteiger partial charge < -0.3 is 10.4 Å². The highest BCUT2D eigenvalue weighted by Crippen LogP contribution is 2.38. The van der Waals surface area contributed by atoms with Crippen LogP contribution in [0.5, 0.6) is 5.75 Å². The van der Waals surface area contributed by atoms with E-state index in [9.17, 15) is 9.90 Å². The molecule has 1 amide bonds. The standard InChI is InChI=1S/C27H25N3O2S2/c1-16(2)19-11-8-18(9-12-19)10-13-24(31)30-27(33)28-20-14-17(3)25(32)21(15-20)26-29-22-6-4-5-7-23(22)34-26/h4-16,32H,1-3H3,(H2,28,30,31,33)/b13-10+. The number of hydrogen-bond acceptors (Lipinski definition) is 5. The van der Waals surface area contributed by atoms with Crippen LogP contribution >= 0.6 is 23.6 Å². The van der Waals surface area contributed by atoms with E-state index in [4.69, 9.17) is 12.2 Å². The van der Waals surface area contributed by atoms with Gasteiger partial charge in [-0.2, -0.15) is 0 Å². The van der Waals surface area contributed by atoms with Gasteiger partial charge in [0.1, 0.15) is 10.8 Å². The van der Waals surface area contributed by atoms with Crippen molar-refractivity contribution in [3.63, 3.8) is 0 Å². The molecular formula is C27H25N3O2S2. The highest BCUT2D eigenvalue weighted by Gasteiger charge is 2.14. The smallest absolute Gasteiger partial charge is 0.250 e. The van der Waals surface area contributed by atoms with Crippen molar-refractivity contribution in [2.24, 2.45) is 0 Å². The third kappa shape index (κ3) is 5.50. The first-order valence-corrected chi connectivity index (χ1v) is 12.1. The molecule has 0 radical (unpaired) electrons. The Hall–Kier alpha value is -3.55. The summed E-state index contributed by atoms with van der Waals surface area (Å²) in [4.78, 5) is 17.0. The number of amides is 1. The Bertz CT molecular complexity index is 1360. The lowest BCUT2D eigenvalue weighted by atomic mass is 10.0. The number of carbonyl (C=O) groups excluding carboxylic acids is 1. The van der Waals surface area contributed by atoms with Gasteiger partial charge in [0.2, 0.25) is 5.91 Å². The van der Waals surface area contributed by atoms with E-state index in [-0.39, 0.29) is 16.8 Å². The number of aromatic hydroxyl groups is 1. The van der Waals surface area contributed by atoms with Gasteiger partial charge in [0.15, 0.2) is 5.11 Å². The van der Waals surface area contributed by atoms with Crippen molar-refractivity contribution in [3.8, 4) is 16.3 Å². The number of aryl methyl sites for hydroxylation is 1. The molecule has 0 fully saturated rings. The number of nitrogens with zero attached hydrogens (tertiary/aromatic N) is 1. The summed E-state index contributed by atoms with van der Waals surface area (Å²) in [7, 11) is 0. The topological polar surface area (TPSA) is 74.2 Å². The molecule has 0 atom stereocenters. The van der Waals surface area contributed by atoms with Crippen LogP contribution in [0.1, 0.15) is 36.5 Å². The lowest BCUT2D eigenvalue weighted by Crippen LogP contribution is -2.32. The van der Waals surface area contributed by atoms with Crippen molar-refractivity contribution >= 4 is 56.6 Å². The Balaban J connectivity index is 1.45. The maximum Gasteiger partial charge on any atom is 0.250 e. The van der Waals surface area contributed by atoms with Crippen molar-refractivity contribution in [2.75, 3.05) is 5.32 Å². The molecule has 0 aliphatic rings. The molecule has 3 N–H and O–H groups in total. The Kier molecular flexibility index (Phi) is 7.05. The minimum atomic E-state index is -0.327. The first kappa shape index (κ1) is 23.6. The van der Waals surface area contributed by atoms with Crippen LogP contribution in [0.25, 0.3) is 26.9 Å². The average Bonchev–Trinajstić information content (AvgIpc) is 3.24. The molecule has 7 heteroatoms. The van der Waals surface area contributed by atoms with E-state index in [1.165, 1.54) is 23.0 Å². The maximum atomic E-state index is 12.3. The van der Waals surface area contributed by atoms with Crippen LogP contribution < -0.4 is 10.6 Å². The molecule has 172 valence electrons. The zero-order valence-electron chi connectivity index (χ0n) is 19.1. The number of rotatable bonds is 5. The summed E-state index contributed by atoms with van der Waals surface area (Å²) in [6.45, 7) is 6.10. The maximum absolute atomic E-state index is 12.3. The molecule has 0 spiro atoms. The second kappa shape index (κ2) is 10.2. The number of thiazole rings is 1. The van der Waals surface area contributed by atoms with E-state index in [1.54, 1.807) is 18.2 Å². The molecule has 34 heavy (non-hydrogen) atoms. The van der Waals surface area contributed by atoms with E-state index in [2.05, 4.69) is 41.6 Å². The Labute approximate surface area is 208 Å². The summed E-state index contributed by atoms with van der Waals surface area (Å²) in [6, 6.07) is 19.5. The van der Waals surface area contributed by atoms with Gasteiger partial charge in [-0.3, -0.25) is 10.1 Å². The number of nitrogens with one attached hydrogen (secondary N) is 2. The fourth-order valence-corrected chi connectivity index (χ4v) is 4.68. The third-order valence-corrected chi connectivity index (χ3v) is 6.62. The summed E-state index contributed by atoms with van der Waals surface area (Å²) in [5, 5.41) is 17.2. The van der Waals surface area contributed by atoms with E-state index in [1.807, 2.05) is 43.3 Å². The molecule has 0 bridgehead atoms. The predicted molar refractivity (Wildman–Crippen MR) is 145 cm³/mol. The molecule has 0 aliphatic heterocycles. The first-order chi connectivity index (χ1) is 16.3. The van der Waals surface area contributed by atoms with Gasteiger partial charge in [0.25, 0.3) is 0 Å². The molecule has 1 aromatic heterocycles. The molecule has 0 unspecified atom stereocenters. The van der Waals surface area contributed by atoms with Gasteiger partial charge in [0, 0.05) is 11.8 Å². The second-order valence-electron chi connectivity index (χ2n) is 8.27. The number of phenolic OH excluding ortho intramolecular Hbond substituents is 1. The number of anilines is 1. The number of carbonyl (C=O) groups is 1. The molecule has 5 nitrogen and oxygen atoms in total. The lowest BCUT2D eigenvalue weighted by molar-refractivity contribution is -0.115. The number of phenols is 1. The van der Waals surface area contributed by atoms with Crippen molar-refractivity contribution in [1.29, 1.82) is 0 Å². The monoisotopic (exact) mass is 487 g/mol. The van der Waals surface area contributed by atoms with E-state index in [0.29, 0.717) is 27.7 Å². The second-order valence-corrected chi connectivity index (χ2v) is 9.71. The van der Waals surface area contributed by atoms with Crippen molar-refractivity contribution in [1.82, 2.24) is 10.3 Å². The SMILES string of the molecule is Cc1cc(NC(=S)NC(=O)/C=C/c2ccc(C(C)C)cc2)cc(-c2nc3ccccc3s2)c1O. The number of aromatic nitrogens is 1. The van der Waals surface area contributed by atoms with Crippen LogP contribution in [0, 0.1) is 6.92 Å². The number of fused-ring (bicyclic) bond motifs is 1. The lowest BCUT2D eigenvalue weighted by Gasteiger charge is -2.12. The summed E-state index contributed by atoms with van der Waals surface area (Å²) in [5.74, 6) is 0.307. The quantitative estimate of drug-likeness (QED) is 0.167. The molecular weight excluding hydrogens is 462 g/mol. The molecule has 0 saturated heterocycles. The average molecular weight is 488 g/mol. The highest BCUT2D eigenvalue weighted by molar-refractivity contribution is 7.80. The number of benzene rings is 3. The third-order valence-electron chi connectivity index (χ3n) is 5.35. The highest BCUT2D eigenvalue weighted by atomic mass is 32.1. The molecule has 4 rings (SSSR count). The summed E-state index contributed by atoms with van der Waals surface area (Å²) in [5.41, 5.74) is 5.02. The van der Waals surface area contributed by atoms with Gasteiger partial charge in [-0.05, 0) is 72.1 Å².